The Kier molecular flexibility index (Phi) is 6.87. The van der Waals surface area contributed by atoms with Crippen LogP contribution >= 0.6 is 0 Å². The number of carbonyl (C=O) groups excluding carboxylic acids is 1. The zero-order valence-electron chi connectivity index (χ0n) is 18.4. The predicted octanol–water partition coefficient (Wildman–Crippen LogP) is 4.93. The second kappa shape index (κ2) is 9.98. The number of carbonyl (C=O) groups is 1. The number of sulfonamides is 1. The van der Waals surface area contributed by atoms with Crippen LogP contribution in [-0.4, -0.2) is 20.4 Å². The van der Waals surface area contributed by atoms with Crippen molar-refractivity contribution in [3.8, 4) is 0 Å². The molecule has 6 heteroatoms. The molecule has 0 heterocycles. The number of amides is 1. The molecule has 0 aliphatic heterocycles. The van der Waals surface area contributed by atoms with Crippen molar-refractivity contribution in [2.24, 2.45) is 0 Å². The Morgan fingerprint density at radius 3 is 2.24 bits per heavy atom. The van der Waals surface area contributed by atoms with Crippen LogP contribution in [0.3, 0.4) is 0 Å². The lowest BCUT2D eigenvalue weighted by atomic mass is 10.1. The maximum Gasteiger partial charge on any atom is 0.242 e. The molecular formula is C27H26N2O3S. The average molecular weight is 459 g/mol. The van der Waals surface area contributed by atoms with Gasteiger partial charge in [-0.1, -0.05) is 85.8 Å². The Balaban J connectivity index is 1.64. The van der Waals surface area contributed by atoms with Crippen LogP contribution < -0.4 is 10.0 Å². The number of benzene rings is 4. The third-order valence-corrected chi connectivity index (χ3v) is 7.05. The third-order valence-electron chi connectivity index (χ3n) is 5.58. The zero-order chi connectivity index (χ0) is 23.3. The summed E-state index contributed by atoms with van der Waals surface area (Å²) < 4.78 is 29.2. The molecule has 2 N–H and O–H groups in total. The van der Waals surface area contributed by atoms with Crippen LogP contribution in [0.4, 0.5) is 5.69 Å². The van der Waals surface area contributed by atoms with E-state index in [4.69, 9.17) is 0 Å². The highest BCUT2D eigenvalue weighted by Crippen LogP contribution is 2.20. The second-order valence-corrected chi connectivity index (χ2v) is 9.59. The topological polar surface area (TPSA) is 75.3 Å². The van der Waals surface area contributed by atoms with Crippen molar-refractivity contribution < 1.29 is 13.2 Å². The van der Waals surface area contributed by atoms with Gasteiger partial charge in [0.2, 0.25) is 15.9 Å². The van der Waals surface area contributed by atoms with Crippen LogP contribution in [0.15, 0.2) is 102 Å². The molecule has 0 unspecified atom stereocenters. The summed E-state index contributed by atoms with van der Waals surface area (Å²) in [6.07, 6.45) is 0.983. The first-order valence-corrected chi connectivity index (χ1v) is 12.4. The van der Waals surface area contributed by atoms with Gasteiger partial charge >= 0.3 is 0 Å². The number of fused-ring (bicyclic) bond motifs is 1. The van der Waals surface area contributed by atoms with E-state index in [1.54, 1.807) is 18.2 Å². The van der Waals surface area contributed by atoms with E-state index in [2.05, 4.69) is 10.0 Å². The molecule has 4 aromatic carbocycles. The largest absolute Gasteiger partial charge is 0.324 e. The van der Waals surface area contributed by atoms with Crippen LogP contribution in [0.5, 0.6) is 0 Å². The molecule has 4 rings (SSSR count). The average Bonchev–Trinajstić information content (AvgIpc) is 2.84. The molecule has 0 saturated carbocycles. The van der Waals surface area contributed by atoms with Crippen molar-refractivity contribution in [3.05, 3.63) is 108 Å². The monoisotopic (exact) mass is 458 g/mol. The highest BCUT2D eigenvalue weighted by molar-refractivity contribution is 7.89. The van der Waals surface area contributed by atoms with Crippen molar-refractivity contribution >= 4 is 32.4 Å². The molecule has 0 fully saturated rings. The summed E-state index contributed by atoms with van der Waals surface area (Å²) in [5.74, 6) is -0.399. The molecule has 4 aromatic rings. The highest BCUT2D eigenvalue weighted by Gasteiger charge is 2.27. The SMILES string of the molecule is CCc1ccccc1NC(=O)[C@H](Cc1ccccc1)NS(=O)(=O)c1ccc2ccccc2c1. The molecular weight excluding hydrogens is 432 g/mol. The van der Waals surface area contributed by atoms with Gasteiger partial charge in [-0.2, -0.15) is 4.72 Å². The number of hydrogen-bond acceptors (Lipinski definition) is 3. The van der Waals surface area contributed by atoms with Crippen LogP contribution in [0.25, 0.3) is 10.8 Å². The third kappa shape index (κ3) is 5.48. The first-order valence-electron chi connectivity index (χ1n) is 10.9. The standard InChI is InChI=1S/C27H26N2O3S/c1-2-21-12-8-9-15-25(21)28-27(30)26(18-20-10-4-3-5-11-20)29-33(31,32)24-17-16-22-13-6-7-14-23(22)19-24/h3-17,19,26,29H,2,18H2,1H3,(H,28,30)/t26-/m0/s1. The van der Waals surface area contributed by atoms with Gasteiger partial charge in [-0.15, -0.1) is 0 Å². The lowest BCUT2D eigenvalue weighted by molar-refractivity contribution is -0.117. The van der Waals surface area contributed by atoms with E-state index in [-0.39, 0.29) is 11.3 Å². The number of para-hydroxylation sites is 1. The molecule has 1 amide bonds. The van der Waals surface area contributed by atoms with E-state index in [0.717, 1.165) is 28.3 Å². The smallest absolute Gasteiger partial charge is 0.242 e. The second-order valence-electron chi connectivity index (χ2n) is 7.87. The fourth-order valence-electron chi connectivity index (χ4n) is 3.80. The molecule has 0 aliphatic carbocycles. The number of anilines is 1. The molecule has 0 spiro atoms. The van der Waals surface area contributed by atoms with Crippen LogP contribution in [0, 0.1) is 0 Å². The van der Waals surface area contributed by atoms with Gasteiger partial charge in [-0.05, 0) is 52.9 Å². The summed E-state index contributed by atoms with van der Waals surface area (Å²) in [4.78, 5) is 13.4. The maximum absolute atomic E-state index is 13.3. The Labute approximate surface area is 194 Å². The molecule has 0 saturated heterocycles. The summed E-state index contributed by atoms with van der Waals surface area (Å²) in [6, 6.07) is 28.5. The van der Waals surface area contributed by atoms with Crippen LogP contribution in [0.1, 0.15) is 18.1 Å². The molecule has 5 nitrogen and oxygen atoms in total. The van der Waals surface area contributed by atoms with Gasteiger partial charge in [-0.25, -0.2) is 8.42 Å². The fourth-order valence-corrected chi connectivity index (χ4v) is 5.03. The van der Waals surface area contributed by atoms with Crippen molar-refractivity contribution in [1.29, 1.82) is 0 Å². The summed E-state index contributed by atoms with van der Waals surface area (Å²) in [5.41, 5.74) is 2.54. The van der Waals surface area contributed by atoms with Crippen molar-refractivity contribution in [2.75, 3.05) is 5.32 Å². The minimum atomic E-state index is -3.93. The molecule has 168 valence electrons. The maximum atomic E-state index is 13.3. The first kappa shape index (κ1) is 22.7. The van der Waals surface area contributed by atoms with Crippen molar-refractivity contribution in [3.63, 3.8) is 0 Å². The van der Waals surface area contributed by atoms with Crippen molar-refractivity contribution in [1.82, 2.24) is 4.72 Å². The summed E-state index contributed by atoms with van der Waals surface area (Å²) >= 11 is 0. The van der Waals surface area contributed by atoms with E-state index in [1.807, 2.05) is 85.8 Å². The molecule has 1 atom stereocenters. The lowest BCUT2D eigenvalue weighted by Gasteiger charge is -2.20. The molecule has 33 heavy (non-hydrogen) atoms. The number of aryl methyl sites for hydroxylation is 1. The van der Waals surface area contributed by atoms with Gasteiger partial charge in [0.25, 0.3) is 0 Å². The van der Waals surface area contributed by atoms with Gasteiger partial charge in [0.05, 0.1) is 4.90 Å². The van der Waals surface area contributed by atoms with Gasteiger partial charge in [0, 0.05) is 5.69 Å². The Hall–Kier alpha value is -3.48. The van der Waals surface area contributed by atoms with Gasteiger partial charge in [0.15, 0.2) is 0 Å². The van der Waals surface area contributed by atoms with Gasteiger partial charge < -0.3 is 5.32 Å². The molecule has 0 aliphatic rings. The Morgan fingerprint density at radius 1 is 0.818 bits per heavy atom. The van der Waals surface area contributed by atoms with Crippen molar-refractivity contribution in [2.45, 2.75) is 30.7 Å². The predicted molar refractivity (Wildman–Crippen MR) is 133 cm³/mol. The Bertz CT molecular complexity index is 1370. The zero-order valence-corrected chi connectivity index (χ0v) is 19.2. The summed E-state index contributed by atoms with van der Waals surface area (Å²) in [6.45, 7) is 2.01. The fraction of sp³-hybridized carbons (Fsp3) is 0.148. The highest BCUT2D eigenvalue weighted by atomic mass is 32.2. The van der Waals surface area contributed by atoms with E-state index >= 15 is 0 Å². The van der Waals surface area contributed by atoms with E-state index in [9.17, 15) is 13.2 Å². The van der Waals surface area contributed by atoms with Crippen LogP contribution in [-0.2, 0) is 27.7 Å². The van der Waals surface area contributed by atoms with E-state index in [0.29, 0.717) is 5.69 Å². The first-order chi connectivity index (χ1) is 16.0. The van der Waals surface area contributed by atoms with E-state index in [1.165, 1.54) is 0 Å². The minimum Gasteiger partial charge on any atom is -0.324 e. The number of hydrogen-bond donors (Lipinski definition) is 2. The van der Waals surface area contributed by atoms with Crippen LogP contribution in [0.2, 0.25) is 0 Å². The quantitative estimate of drug-likeness (QED) is 0.393. The summed E-state index contributed by atoms with van der Waals surface area (Å²) in [7, 11) is -3.93. The van der Waals surface area contributed by atoms with Gasteiger partial charge in [-0.3, -0.25) is 4.79 Å². The minimum absolute atomic E-state index is 0.126. The number of nitrogens with one attached hydrogen (secondary N) is 2. The molecule has 0 aromatic heterocycles. The van der Waals surface area contributed by atoms with E-state index < -0.39 is 22.0 Å². The lowest BCUT2D eigenvalue weighted by Crippen LogP contribution is -2.45. The normalized spacial score (nSPS) is 12.4. The number of rotatable bonds is 8. The molecule has 0 radical (unpaired) electrons. The summed E-state index contributed by atoms with van der Waals surface area (Å²) in [5, 5.41) is 4.69. The van der Waals surface area contributed by atoms with Gasteiger partial charge in [0.1, 0.15) is 6.04 Å². The molecule has 0 bridgehead atoms. The Morgan fingerprint density at radius 2 is 1.48 bits per heavy atom.